The second-order valence-corrected chi connectivity index (χ2v) is 5.93. The normalized spacial score (nSPS) is 16.4. The Kier molecular flexibility index (Phi) is 3.57. The van der Waals surface area contributed by atoms with Gasteiger partial charge in [0.1, 0.15) is 12.1 Å². The lowest BCUT2D eigenvalue weighted by molar-refractivity contribution is 0.501. The van der Waals surface area contributed by atoms with E-state index in [-0.39, 0.29) is 0 Å². The summed E-state index contributed by atoms with van der Waals surface area (Å²) >= 11 is 0. The molecule has 1 atom stereocenters. The van der Waals surface area contributed by atoms with Gasteiger partial charge in [-0.05, 0) is 41.9 Å². The molecule has 0 saturated heterocycles. The lowest BCUT2D eigenvalue weighted by Gasteiger charge is -2.27. The van der Waals surface area contributed by atoms with Crippen molar-refractivity contribution in [2.75, 3.05) is 5.73 Å². The SMILES string of the molecule is C[C@H]1CCc2c(C#N)c(N)c(C#N)c(-c3ccccc3)c2C1. The minimum Gasteiger partial charge on any atom is -0.397 e. The van der Waals surface area contributed by atoms with Crippen LogP contribution in [0.25, 0.3) is 11.1 Å². The Hall–Kier alpha value is -2.78. The number of hydrogen-bond acceptors (Lipinski definition) is 3. The molecule has 3 rings (SSSR count). The molecule has 22 heavy (non-hydrogen) atoms. The number of hydrogen-bond donors (Lipinski definition) is 1. The number of anilines is 1. The zero-order chi connectivity index (χ0) is 15.7. The van der Waals surface area contributed by atoms with E-state index in [1.165, 1.54) is 0 Å². The average Bonchev–Trinajstić information content (AvgIpc) is 2.55. The second-order valence-electron chi connectivity index (χ2n) is 5.93. The summed E-state index contributed by atoms with van der Waals surface area (Å²) in [6, 6.07) is 14.3. The molecule has 1 aliphatic carbocycles. The van der Waals surface area contributed by atoms with Crippen LogP contribution in [0.3, 0.4) is 0 Å². The third-order valence-electron chi connectivity index (χ3n) is 4.48. The van der Waals surface area contributed by atoms with Crippen molar-refractivity contribution in [1.29, 1.82) is 10.5 Å². The number of nitrogens with two attached hydrogens (primary N) is 1. The molecule has 0 amide bonds. The van der Waals surface area contributed by atoms with Gasteiger partial charge in [0.15, 0.2) is 0 Å². The highest BCUT2D eigenvalue weighted by Gasteiger charge is 2.27. The summed E-state index contributed by atoms with van der Waals surface area (Å²) in [5.41, 5.74) is 11.5. The first-order chi connectivity index (χ1) is 10.7. The molecule has 108 valence electrons. The van der Waals surface area contributed by atoms with Crippen molar-refractivity contribution in [3.8, 4) is 23.3 Å². The molecule has 0 bridgehead atoms. The van der Waals surface area contributed by atoms with Crippen LogP contribution in [0, 0.1) is 28.6 Å². The maximum Gasteiger partial charge on any atom is 0.102 e. The van der Waals surface area contributed by atoms with Gasteiger partial charge in [-0.25, -0.2) is 0 Å². The first-order valence-corrected chi connectivity index (χ1v) is 7.50. The van der Waals surface area contributed by atoms with Gasteiger partial charge in [0.05, 0.1) is 16.8 Å². The number of nitriles is 2. The average molecular weight is 287 g/mol. The zero-order valence-electron chi connectivity index (χ0n) is 12.6. The fourth-order valence-electron chi connectivity index (χ4n) is 3.38. The van der Waals surface area contributed by atoms with E-state index in [1.807, 2.05) is 30.3 Å². The quantitative estimate of drug-likeness (QED) is 0.811. The van der Waals surface area contributed by atoms with Crippen LogP contribution < -0.4 is 5.73 Å². The molecule has 0 unspecified atom stereocenters. The number of nitrogen functional groups attached to an aromatic ring is 1. The van der Waals surface area contributed by atoms with Crippen molar-refractivity contribution in [3.63, 3.8) is 0 Å². The third kappa shape index (κ3) is 2.12. The van der Waals surface area contributed by atoms with Gasteiger partial charge in [-0.2, -0.15) is 10.5 Å². The maximum atomic E-state index is 9.61. The Bertz CT molecular complexity index is 808. The Morgan fingerprint density at radius 1 is 1.05 bits per heavy atom. The van der Waals surface area contributed by atoms with E-state index in [0.29, 0.717) is 22.7 Å². The topological polar surface area (TPSA) is 73.6 Å². The largest absolute Gasteiger partial charge is 0.397 e. The van der Waals surface area contributed by atoms with Crippen LogP contribution in [0.5, 0.6) is 0 Å². The summed E-state index contributed by atoms with van der Waals surface area (Å²) in [5.74, 6) is 0.552. The molecule has 1 aliphatic rings. The van der Waals surface area contributed by atoms with Crippen LogP contribution in [-0.2, 0) is 12.8 Å². The van der Waals surface area contributed by atoms with Crippen LogP contribution in [-0.4, -0.2) is 0 Å². The van der Waals surface area contributed by atoms with E-state index in [9.17, 15) is 10.5 Å². The smallest absolute Gasteiger partial charge is 0.102 e. The number of fused-ring (bicyclic) bond motifs is 1. The Balaban J connectivity index is 2.41. The summed E-state index contributed by atoms with van der Waals surface area (Å²) in [6.07, 6.45) is 2.81. The van der Waals surface area contributed by atoms with Gasteiger partial charge in [0, 0.05) is 5.56 Å². The van der Waals surface area contributed by atoms with Crippen molar-refractivity contribution in [2.45, 2.75) is 26.2 Å². The van der Waals surface area contributed by atoms with Crippen LogP contribution >= 0.6 is 0 Å². The summed E-state index contributed by atoms with van der Waals surface area (Å²) in [7, 11) is 0. The summed E-state index contributed by atoms with van der Waals surface area (Å²) < 4.78 is 0. The molecule has 3 heteroatoms. The van der Waals surface area contributed by atoms with E-state index in [2.05, 4.69) is 19.1 Å². The fraction of sp³-hybridized carbons (Fsp3) is 0.263. The van der Waals surface area contributed by atoms with Crippen LogP contribution in [0.2, 0.25) is 0 Å². The van der Waals surface area contributed by atoms with Crippen molar-refractivity contribution >= 4 is 5.69 Å². The van der Waals surface area contributed by atoms with E-state index in [0.717, 1.165) is 41.5 Å². The monoisotopic (exact) mass is 287 g/mol. The molecule has 0 fully saturated rings. The molecule has 2 aromatic rings. The molecule has 2 aromatic carbocycles. The molecule has 0 aliphatic heterocycles. The highest BCUT2D eigenvalue weighted by molar-refractivity contribution is 5.85. The molecule has 0 heterocycles. The number of nitrogens with zero attached hydrogens (tertiary/aromatic N) is 2. The lowest BCUT2D eigenvalue weighted by atomic mass is 9.77. The maximum absolute atomic E-state index is 9.61. The molecule has 0 spiro atoms. The molecule has 0 radical (unpaired) electrons. The standard InChI is InChI=1S/C19H17N3/c1-12-7-8-14-15(9-12)18(13-5-3-2-4-6-13)17(11-21)19(22)16(14)10-20/h2-6,12H,7-9,22H2,1H3/t12-/m0/s1. The van der Waals surface area contributed by atoms with E-state index in [1.54, 1.807) is 0 Å². The van der Waals surface area contributed by atoms with Gasteiger partial charge < -0.3 is 5.73 Å². The highest BCUT2D eigenvalue weighted by atomic mass is 14.6. The van der Waals surface area contributed by atoms with Crippen molar-refractivity contribution in [2.24, 2.45) is 5.92 Å². The molecule has 2 N–H and O–H groups in total. The summed E-state index contributed by atoms with van der Waals surface area (Å²) in [4.78, 5) is 0. The third-order valence-corrected chi connectivity index (χ3v) is 4.48. The zero-order valence-corrected chi connectivity index (χ0v) is 12.6. The molecular formula is C19H17N3. The van der Waals surface area contributed by atoms with Gasteiger partial charge in [0.2, 0.25) is 0 Å². The number of rotatable bonds is 1. The minimum atomic E-state index is 0.331. The van der Waals surface area contributed by atoms with Crippen LogP contribution in [0.15, 0.2) is 30.3 Å². The van der Waals surface area contributed by atoms with E-state index >= 15 is 0 Å². The minimum absolute atomic E-state index is 0.331. The predicted octanol–water partition coefficient (Wildman–Crippen LogP) is 3.80. The first-order valence-electron chi connectivity index (χ1n) is 7.50. The van der Waals surface area contributed by atoms with Gasteiger partial charge in [0.25, 0.3) is 0 Å². The first kappa shape index (κ1) is 14.2. The molecule has 0 saturated carbocycles. The van der Waals surface area contributed by atoms with Crippen molar-refractivity contribution < 1.29 is 0 Å². The lowest BCUT2D eigenvalue weighted by Crippen LogP contribution is -2.17. The fourth-order valence-corrected chi connectivity index (χ4v) is 3.38. The van der Waals surface area contributed by atoms with Crippen molar-refractivity contribution in [3.05, 3.63) is 52.6 Å². The number of benzene rings is 2. The second kappa shape index (κ2) is 5.54. The summed E-state index contributed by atoms with van der Waals surface area (Å²) in [5, 5.41) is 19.1. The van der Waals surface area contributed by atoms with Gasteiger partial charge in [-0.3, -0.25) is 0 Å². The van der Waals surface area contributed by atoms with Gasteiger partial charge >= 0.3 is 0 Å². The Labute approximate surface area is 130 Å². The van der Waals surface area contributed by atoms with Crippen LogP contribution in [0.1, 0.15) is 35.6 Å². The van der Waals surface area contributed by atoms with E-state index < -0.39 is 0 Å². The summed E-state index contributed by atoms with van der Waals surface area (Å²) in [6.45, 7) is 2.21. The van der Waals surface area contributed by atoms with Gasteiger partial charge in [-0.15, -0.1) is 0 Å². The van der Waals surface area contributed by atoms with Gasteiger partial charge in [-0.1, -0.05) is 37.3 Å². The Morgan fingerprint density at radius 3 is 2.36 bits per heavy atom. The molecule has 0 aromatic heterocycles. The molecule has 3 nitrogen and oxygen atoms in total. The molecular weight excluding hydrogens is 270 g/mol. The highest BCUT2D eigenvalue weighted by Crippen LogP contribution is 2.41. The van der Waals surface area contributed by atoms with E-state index in [4.69, 9.17) is 5.73 Å². The van der Waals surface area contributed by atoms with Crippen LogP contribution in [0.4, 0.5) is 5.69 Å². The predicted molar refractivity (Wildman–Crippen MR) is 86.9 cm³/mol. The van der Waals surface area contributed by atoms with Crippen molar-refractivity contribution in [1.82, 2.24) is 0 Å². The Morgan fingerprint density at radius 2 is 1.73 bits per heavy atom.